The molecule has 9 heteroatoms. The molecule has 5 N–H and O–H groups in total. The molecule has 1 fully saturated rings. The number of rotatable bonds is 8. The Balaban J connectivity index is 1.38. The van der Waals surface area contributed by atoms with Crippen LogP contribution in [0.25, 0.3) is 0 Å². The summed E-state index contributed by atoms with van der Waals surface area (Å²) in [6.07, 6.45) is -7.06. The van der Waals surface area contributed by atoms with E-state index in [1.807, 2.05) is 30.3 Å². The molecule has 1 amide bonds. The van der Waals surface area contributed by atoms with Gasteiger partial charge in [-0.25, -0.2) is 0 Å². The van der Waals surface area contributed by atoms with Gasteiger partial charge in [0.15, 0.2) is 0 Å². The predicted octanol–water partition coefficient (Wildman–Crippen LogP) is 1.84. The van der Waals surface area contributed by atoms with Crippen LogP contribution in [-0.4, -0.2) is 63.6 Å². The van der Waals surface area contributed by atoms with Gasteiger partial charge >= 0.3 is 0 Å². The average Bonchev–Trinajstić information content (AvgIpc) is 2.87. The maximum Gasteiger partial charge on any atom is 0.229 e. The molecule has 0 aliphatic carbocycles. The number of nitrogens with one attached hydrogen (secondary N) is 1. The van der Waals surface area contributed by atoms with Gasteiger partial charge in [-0.3, -0.25) is 4.79 Å². The fraction of sp³-hybridized carbons (Fsp3) is 0.269. The Morgan fingerprint density at radius 3 is 2.20 bits per heavy atom. The zero-order valence-corrected chi connectivity index (χ0v) is 18.7. The Bertz CT molecular complexity index is 1110. The molecule has 0 aromatic heterocycles. The molecule has 0 saturated carbocycles. The zero-order chi connectivity index (χ0) is 24.8. The van der Waals surface area contributed by atoms with E-state index in [2.05, 4.69) is 5.32 Å². The van der Waals surface area contributed by atoms with Crippen LogP contribution in [0.15, 0.2) is 78.9 Å². The highest BCUT2D eigenvalue weighted by Crippen LogP contribution is 2.27. The van der Waals surface area contributed by atoms with Crippen LogP contribution in [0.1, 0.15) is 5.56 Å². The van der Waals surface area contributed by atoms with Crippen molar-refractivity contribution >= 4 is 11.6 Å². The number of aliphatic hydroxyl groups is 4. The molecule has 1 heterocycles. The fourth-order valence-corrected chi connectivity index (χ4v) is 3.66. The van der Waals surface area contributed by atoms with E-state index in [9.17, 15) is 25.2 Å². The van der Waals surface area contributed by atoms with Crippen molar-refractivity contribution in [3.05, 3.63) is 84.4 Å². The molecule has 184 valence electrons. The van der Waals surface area contributed by atoms with Crippen LogP contribution in [0.5, 0.6) is 17.2 Å². The third kappa shape index (κ3) is 6.16. The highest BCUT2D eigenvalue weighted by molar-refractivity contribution is 5.92. The number of carbonyl (C=O) groups excluding carboxylic acids is 1. The monoisotopic (exact) mass is 481 g/mol. The van der Waals surface area contributed by atoms with Crippen molar-refractivity contribution in [1.29, 1.82) is 0 Å². The molecule has 3 aromatic carbocycles. The summed E-state index contributed by atoms with van der Waals surface area (Å²) in [5.41, 5.74) is 1.11. The quantitative estimate of drug-likeness (QED) is 0.329. The van der Waals surface area contributed by atoms with E-state index in [-0.39, 0.29) is 18.1 Å². The Labute approximate surface area is 202 Å². The smallest absolute Gasteiger partial charge is 0.229 e. The molecule has 0 spiro atoms. The molecule has 9 nitrogen and oxygen atoms in total. The van der Waals surface area contributed by atoms with E-state index >= 15 is 0 Å². The molecule has 1 saturated heterocycles. The summed E-state index contributed by atoms with van der Waals surface area (Å²) in [7, 11) is 0. The minimum Gasteiger partial charge on any atom is -0.462 e. The lowest BCUT2D eigenvalue weighted by Crippen LogP contribution is -2.60. The predicted molar refractivity (Wildman–Crippen MR) is 126 cm³/mol. The summed E-state index contributed by atoms with van der Waals surface area (Å²) in [5.74, 6) is 1.30. The molecular weight excluding hydrogens is 454 g/mol. The van der Waals surface area contributed by atoms with Gasteiger partial charge in [-0.2, -0.15) is 0 Å². The maximum absolute atomic E-state index is 12.7. The molecule has 1 aliphatic heterocycles. The molecule has 3 aromatic rings. The first-order valence-corrected chi connectivity index (χ1v) is 11.1. The van der Waals surface area contributed by atoms with Gasteiger partial charge in [0.1, 0.15) is 41.7 Å². The van der Waals surface area contributed by atoms with Crippen molar-refractivity contribution in [2.24, 2.45) is 0 Å². The Morgan fingerprint density at radius 2 is 1.49 bits per heavy atom. The van der Waals surface area contributed by atoms with Crippen LogP contribution in [0.3, 0.4) is 0 Å². The molecule has 35 heavy (non-hydrogen) atoms. The molecular formula is C26H27NO8. The van der Waals surface area contributed by atoms with E-state index < -0.39 is 37.3 Å². The lowest BCUT2D eigenvalue weighted by Gasteiger charge is -2.39. The number of ether oxygens (including phenoxy) is 3. The number of amides is 1. The van der Waals surface area contributed by atoms with Crippen LogP contribution in [0, 0.1) is 0 Å². The average molecular weight is 482 g/mol. The number of aliphatic hydroxyl groups excluding tert-OH is 4. The highest BCUT2D eigenvalue weighted by atomic mass is 16.7. The Kier molecular flexibility index (Phi) is 7.96. The van der Waals surface area contributed by atoms with Crippen LogP contribution in [-0.2, 0) is 16.0 Å². The van der Waals surface area contributed by atoms with E-state index in [0.717, 1.165) is 0 Å². The zero-order valence-electron chi connectivity index (χ0n) is 18.7. The molecule has 0 bridgehead atoms. The van der Waals surface area contributed by atoms with Gasteiger partial charge in [0, 0.05) is 11.3 Å². The van der Waals surface area contributed by atoms with Crippen molar-refractivity contribution in [2.45, 2.75) is 37.1 Å². The summed E-state index contributed by atoms with van der Waals surface area (Å²) < 4.78 is 16.9. The molecule has 5 atom stereocenters. The van der Waals surface area contributed by atoms with Crippen molar-refractivity contribution in [3.63, 3.8) is 0 Å². The van der Waals surface area contributed by atoms with E-state index in [1.54, 1.807) is 48.5 Å². The Hall–Kier alpha value is -3.47. The van der Waals surface area contributed by atoms with Crippen LogP contribution >= 0.6 is 0 Å². The van der Waals surface area contributed by atoms with Gasteiger partial charge in [0.25, 0.3) is 0 Å². The summed E-state index contributed by atoms with van der Waals surface area (Å²) in [6, 6.07) is 23.0. The van der Waals surface area contributed by atoms with Gasteiger partial charge in [-0.05, 0) is 42.5 Å². The number of hydrogen-bond donors (Lipinski definition) is 5. The topological polar surface area (TPSA) is 138 Å². The molecule has 4 rings (SSSR count). The lowest BCUT2D eigenvalue weighted by atomic mass is 9.99. The van der Waals surface area contributed by atoms with E-state index in [0.29, 0.717) is 22.7 Å². The fourth-order valence-electron chi connectivity index (χ4n) is 3.66. The highest BCUT2D eigenvalue weighted by Gasteiger charge is 2.44. The second-order valence-electron chi connectivity index (χ2n) is 8.09. The largest absolute Gasteiger partial charge is 0.462 e. The van der Waals surface area contributed by atoms with Crippen molar-refractivity contribution < 1.29 is 39.4 Å². The molecule has 0 radical (unpaired) electrons. The maximum atomic E-state index is 12.7. The summed E-state index contributed by atoms with van der Waals surface area (Å²) in [5, 5.41) is 42.3. The molecule has 1 aliphatic rings. The lowest BCUT2D eigenvalue weighted by molar-refractivity contribution is -0.277. The SMILES string of the molecule is O=C(Cc1ccccc1OC1OC(CO)C(O)C(O)C1O)Nc1ccc(Oc2ccccc2)cc1. The minimum absolute atomic E-state index is 0.0319. The van der Waals surface area contributed by atoms with Crippen molar-refractivity contribution in [1.82, 2.24) is 0 Å². The summed E-state index contributed by atoms with van der Waals surface area (Å²) in [6.45, 7) is -0.565. The number of benzene rings is 3. The number of anilines is 1. The van der Waals surface area contributed by atoms with Crippen molar-refractivity contribution in [2.75, 3.05) is 11.9 Å². The van der Waals surface area contributed by atoms with Crippen molar-refractivity contribution in [3.8, 4) is 17.2 Å². The number of hydrogen-bond acceptors (Lipinski definition) is 8. The third-order valence-electron chi connectivity index (χ3n) is 5.53. The van der Waals surface area contributed by atoms with E-state index in [4.69, 9.17) is 14.2 Å². The van der Waals surface area contributed by atoms with Gasteiger partial charge in [0.2, 0.25) is 12.2 Å². The van der Waals surface area contributed by atoms with Gasteiger partial charge in [-0.1, -0.05) is 36.4 Å². The van der Waals surface area contributed by atoms with Crippen LogP contribution in [0.4, 0.5) is 5.69 Å². The van der Waals surface area contributed by atoms with Gasteiger partial charge < -0.3 is 40.0 Å². The second kappa shape index (κ2) is 11.3. The van der Waals surface area contributed by atoms with E-state index in [1.165, 1.54) is 0 Å². The summed E-state index contributed by atoms with van der Waals surface area (Å²) >= 11 is 0. The van der Waals surface area contributed by atoms with Gasteiger partial charge in [-0.15, -0.1) is 0 Å². The normalized spacial score (nSPS) is 23.9. The first-order valence-electron chi connectivity index (χ1n) is 11.1. The van der Waals surface area contributed by atoms with Gasteiger partial charge in [0.05, 0.1) is 13.0 Å². The third-order valence-corrected chi connectivity index (χ3v) is 5.53. The molecule has 5 unspecified atom stereocenters. The minimum atomic E-state index is -1.56. The first-order chi connectivity index (χ1) is 16.9. The van der Waals surface area contributed by atoms with Crippen LogP contribution in [0.2, 0.25) is 0 Å². The van der Waals surface area contributed by atoms with Crippen LogP contribution < -0.4 is 14.8 Å². The number of carbonyl (C=O) groups is 1. The Morgan fingerprint density at radius 1 is 0.829 bits per heavy atom. The second-order valence-corrected chi connectivity index (χ2v) is 8.09. The standard InChI is InChI=1S/C26H27NO8/c28-15-21-23(30)24(31)25(32)26(35-21)34-20-9-5-4-6-16(20)14-22(29)27-17-10-12-19(13-11-17)33-18-7-2-1-3-8-18/h1-13,21,23-26,28,30-32H,14-15H2,(H,27,29). The summed E-state index contributed by atoms with van der Waals surface area (Å²) in [4.78, 5) is 12.7. The first kappa shape index (κ1) is 24.6. The number of para-hydroxylation sites is 2.